The van der Waals surface area contributed by atoms with Crippen molar-refractivity contribution in [2.75, 3.05) is 31.6 Å². The van der Waals surface area contributed by atoms with Crippen LogP contribution in [0.15, 0.2) is 0 Å². The molecule has 0 amide bonds. The number of nitrogens with one attached hydrogen (secondary N) is 1. The Labute approximate surface area is 131 Å². The Bertz CT molecular complexity index is 462. The third-order valence-electron chi connectivity index (χ3n) is 3.42. The second kappa shape index (κ2) is 7.05. The molecule has 120 valence electrons. The van der Waals surface area contributed by atoms with E-state index in [9.17, 15) is 0 Å². The Morgan fingerprint density at radius 3 is 2.90 bits per heavy atom. The lowest BCUT2D eigenvalue weighted by molar-refractivity contribution is -0.0749. The van der Waals surface area contributed by atoms with Gasteiger partial charge >= 0.3 is 0 Å². The molecule has 1 atom stereocenters. The van der Waals surface area contributed by atoms with E-state index in [0.29, 0.717) is 6.61 Å². The molecule has 1 saturated heterocycles. The summed E-state index contributed by atoms with van der Waals surface area (Å²) in [6.45, 7) is 12.7. The van der Waals surface area contributed by atoms with Crippen LogP contribution < -0.4 is 10.2 Å². The summed E-state index contributed by atoms with van der Waals surface area (Å²) in [7, 11) is 1.72. The topological polar surface area (TPSA) is 46.6 Å². The second-order valence-corrected chi connectivity index (χ2v) is 7.21. The van der Waals surface area contributed by atoms with Crippen LogP contribution in [0.2, 0.25) is 0 Å². The van der Waals surface area contributed by atoms with Crippen LogP contribution in [-0.4, -0.2) is 43.4 Å². The molecule has 2 rings (SSSR count). The van der Waals surface area contributed by atoms with E-state index in [-0.39, 0.29) is 11.7 Å². The molecule has 5 nitrogen and oxygen atoms in total. The summed E-state index contributed by atoms with van der Waals surface area (Å²) in [5.74, 6) is 0. The lowest BCUT2D eigenvalue weighted by atomic mass is 10.1. The van der Waals surface area contributed by atoms with E-state index in [1.54, 1.807) is 18.4 Å². The fraction of sp³-hybridized carbons (Fsp3) is 0.800. The van der Waals surface area contributed by atoms with Gasteiger partial charge in [-0.3, -0.25) is 0 Å². The number of rotatable bonds is 6. The maximum atomic E-state index is 5.97. The summed E-state index contributed by atoms with van der Waals surface area (Å²) in [5.41, 5.74) is 0.919. The van der Waals surface area contributed by atoms with Crippen LogP contribution in [0.4, 0.5) is 5.13 Å². The van der Waals surface area contributed by atoms with Crippen LogP contribution in [0.25, 0.3) is 0 Å². The molecule has 1 aliphatic rings. The third kappa shape index (κ3) is 4.39. The zero-order valence-corrected chi connectivity index (χ0v) is 14.5. The number of hydrogen-bond donors (Lipinski definition) is 1. The second-order valence-electron chi connectivity index (χ2n) is 6.15. The fourth-order valence-electron chi connectivity index (χ4n) is 2.73. The summed E-state index contributed by atoms with van der Waals surface area (Å²) in [6, 6.07) is 0. The average molecular weight is 313 g/mol. The molecule has 2 heterocycles. The predicted octanol–water partition coefficient (Wildman–Crippen LogP) is 2.40. The molecule has 0 spiro atoms. The summed E-state index contributed by atoms with van der Waals surface area (Å²) in [5, 5.41) is 4.46. The normalized spacial score (nSPS) is 21.8. The zero-order valence-electron chi connectivity index (χ0n) is 13.7. The molecule has 21 heavy (non-hydrogen) atoms. The van der Waals surface area contributed by atoms with Crippen molar-refractivity contribution in [2.24, 2.45) is 0 Å². The van der Waals surface area contributed by atoms with Crippen molar-refractivity contribution in [3.05, 3.63) is 10.6 Å². The first-order valence-electron chi connectivity index (χ1n) is 7.56. The molecule has 0 aromatic carbocycles. The Balaban J connectivity index is 2.18. The third-order valence-corrected chi connectivity index (χ3v) is 4.58. The largest absolute Gasteiger partial charge is 0.378 e. The SMILES string of the molecule is CCNCc1sc(N2CC(C)OC(C)(C)C2)nc1COC. The highest BCUT2D eigenvalue weighted by atomic mass is 32.1. The van der Waals surface area contributed by atoms with Gasteiger partial charge in [0, 0.05) is 31.6 Å². The van der Waals surface area contributed by atoms with Gasteiger partial charge in [0.05, 0.1) is 24.0 Å². The number of thiazole rings is 1. The first kappa shape index (κ1) is 16.7. The van der Waals surface area contributed by atoms with Gasteiger partial charge in [-0.1, -0.05) is 6.92 Å². The molecular formula is C15H27N3O2S. The lowest BCUT2D eigenvalue weighted by Crippen LogP contribution is -2.52. The Kier molecular flexibility index (Phi) is 5.60. The minimum absolute atomic E-state index is 0.132. The first-order chi connectivity index (χ1) is 9.95. The van der Waals surface area contributed by atoms with E-state index in [2.05, 4.69) is 37.9 Å². The Morgan fingerprint density at radius 2 is 2.29 bits per heavy atom. The molecule has 1 N–H and O–H groups in total. The van der Waals surface area contributed by atoms with Gasteiger partial charge in [0.15, 0.2) is 5.13 Å². The van der Waals surface area contributed by atoms with Crippen LogP contribution >= 0.6 is 11.3 Å². The van der Waals surface area contributed by atoms with E-state index in [0.717, 1.165) is 37.0 Å². The number of morpholine rings is 1. The molecule has 0 aliphatic carbocycles. The van der Waals surface area contributed by atoms with E-state index in [1.165, 1.54) is 4.88 Å². The predicted molar refractivity (Wildman–Crippen MR) is 87.0 cm³/mol. The van der Waals surface area contributed by atoms with Crippen molar-refractivity contribution in [1.29, 1.82) is 0 Å². The van der Waals surface area contributed by atoms with E-state index in [4.69, 9.17) is 14.5 Å². The van der Waals surface area contributed by atoms with Crippen molar-refractivity contribution in [1.82, 2.24) is 10.3 Å². The minimum Gasteiger partial charge on any atom is -0.378 e. The summed E-state index contributed by atoms with van der Waals surface area (Å²) < 4.78 is 11.3. The number of nitrogens with zero attached hydrogens (tertiary/aromatic N) is 2. The molecule has 1 fully saturated rings. The summed E-state index contributed by atoms with van der Waals surface area (Å²) >= 11 is 1.77. The van der Waals surface area contributed by atoms with Crippen LogP contribution in [0.1, 0.15) is 38.3 Å². The molecular weight excluding hydrogens is 286 g/mol. The highest BCUT2D eigenvalue weighted by Crippen LogP contribution is 2.31. The van der Waals surface area contributed by atoms with Gasteiger partial charge in [0.25, 0.3) is 0 Å². The number of methoxy groups -OCH3 is 1. The average Bonchev–Trinajstić information content (AvgIpc) is 2.78. The van der Waals surface area contributed by atoms with Crippen molar-refractivity contribution >= 4 is 16.5 Å². The highest BCUT2D eigenvalue weighted by Gasteiger charge is 2.33. The van der Waals surface area contributed by atoms with Crippen LogP contribution in [0.5, 0.6) is 0 Å². The molecule has 1 aromatic rings. The molecule has 1 aliphatic heterocycles. The van der Waals surface area contributed by atoms with Crippen molar-refractivity contribution < 1.29 is 9.47 Å². The van der Waals surface area contributed by atoms with Gasteiger partial charge in [0.1, 0.15) is 0 Å². The van der Waals surface area contributed by atoms with Crippen LogP contribution in [-0.2, 0) is 22.6 Å². The van der Waals surface area contributed by atoms with Crippen molar-refractivity contribution in [3.63, 3.8) is 0 Å². The number of aromatic nitrogens is 1. The van der Waals surface area contributed by atoms with Gasteiger partial charge < -0.3 is 19.7 Å². The Morgan fingerprint density at radius 1 is 1.52 bits per heavy atom. The molecule has 0 radical (unpaired) electrons. The van der Waals surface area contributed by atoms with Crippen molar-refractivity contribution in [2.45, 2.75) is 52.6 Å². The van der Waals surface area contributed by atoms with Crippen molar-refractivity contribution in [3.8, 4) is 0 Å². The zero-order chi connectivity index (χ0) is 15.5. The van der Waals surface area contributed by atoms with Gasteiger partial charge in [-0.05, 0) is 27.3 Å². The van der Waals surface area contributed by atoms with Gasteiger partial charge in [-0.25, -0.2) is 4.98 Å². The molecule has 0 bridgehead atoms. The Hall–Kier alpha value is -0.690. The summed E-state index contributed by atoms with van der Waals surface area (Å²) in [6.07, 6.45) is 0.223. The van der Waals surface area contributed by atoms with E-state index in [1.807, 2.05) is 0 Å². The molecule has 0 saturated carbocycles. The molecule has 1 unspecified atom stereocenters. The summed E-state index contributed by atoms with van der Waals surface area (Å²) in [4.78, 5) is 8.41. The van der Waals surface area contributed by atoms with Crippen LogP contribution in [0.3, 0.4) is 0 Å². The molecule has 1 aromatic heterocycles. The van der Waals surface area contributed by atoms with Crippen LogP contribution in [0, 0.1) is 0 Å². The van der Waals surface area contributed by atoms with E-state index < -0.39 is 0 Å². The maximum Gasteiger partial charge on any atom is 0.186 e. The monoisotopic (exact) mass is 313 g/mol. The smallest absolute Gasteiger partial charge is 0.186 e. The molecule has 6 heteroatoms. The number of anilines is 1. The van der Waals surface area contributed by atoms with Gasteiger partial charge in [0.2, 0.25) is 0 Å². The lowest BCUT2D eigenvalue weighted by Gasteiger charge is -2.41. The number of hydrogen-bond acceptors (Lipinski definition) is 6. The number of ether oxygens (including phenoxy) is 2. The van der Waals surface area contributed by atoms with E-state index >= 15 is 0 Å². The first-order valence-corrected chi connectivity index (χ1v) is 8.38. The standard InChI is InChI=1S/C15H27N3O2S/c1-6-16-7-13-12(9-19-5)17-14(21-13)18-8-11(2)20-15(3,4)10-18/h11,16H,6-10H2,1-5H3. The van der Waals surface area contributed by atoms with Gasteiger partial charge in [-0.15, -0.1) is 11.3 Å². The van der Waals surface area contributed by atoms with Gasteiger partial charge in [-0.2, -0.15) is 0 Å². The quantitative estimate of drug-likeness (QED) is 0.874. The maximum absolute atomic E-state index is 5.97. The fourth-order valence-corrected chi connectivity index (χ4v) is 3.77. The highest BCUT2D eigenvalue weighted by molar-refractivity contribution is 7.15. The minimum atomic E-state index is -0.132.